The zero-order valence-corrected chi connectivity index (χ0v) is 19.3. The lowest BCUT2D eigenvalue weighted by atomic mass is 10.1. The number of hydrogen-bond donors (Lipinski definition) is 0. The van der Waals surface area contributed by atoms with Crippen molar-refractivity contribution in [3.05, 3.63) is 57.1 Å². The van der Waals surface area contributed by atoms with Gasteiger partial charge in [0.25, 0.3) is 5.69 Å². The fraction of sp³-hybridized carbons (Fsp3) is 0.435. The molecule has 1 saturated heterocycles. The van der Waals surface area contributed by atoms with Crippen molar-refractivity contribution in [1.82, 2.24) is 9.80 Å². The number of ether oxygens (including phenoxy) is 4. The molecule has 33 heavy (non-hydrogen) atoms. The van der Waals surface area contributed by atoms with Crippen LogP contribution in [0.2, 0.25) is 0 Å². The molecule has 10 heteroatoms. The molecule has 0 radical (unpaired) electrons. The maximum absolute atomic E-state index is 12.5. The van der Waals surface area contributed by atoms with Crippen molar-refractivity contribution in [1.29, 1.82) is 0 Å². The molecule has 0 N–H and O–H groups in total. The van der Waals surface area contributed by atoms with Crippen molar-refractivity contribution in [2.45, 2.75) is 20.1 Å². The van der Waals surface area contributed by atoms with Crippen LogP contribution in [0, 0.1) is 17.0 Å². The Morgan fingerprint density at radius 3 is 2.21 bits per heavy atom. The van der Waals surface area contributed by atoms with Gasteiger partial charge in [0.05, 0.1) is 37.4 Å². The first-order valence-corrected chi connectivity index (χ1v) is 10.5. The zero-order valence-electron chi connectivity index (χ0n) is 19.3. The molecule has 0 unspecified atom stereocenters. The molecule has 1 aliphatic rings. The average Bonchev–Trinajstić information content (AvgIpc) is 2.82. The van der Waals surface area contributed by atoms with E-state index in [0.717, 1.165) is 5.56 Å². The summed E-state index contributed by atoms with van der Waals surface area (Å²) in [6, 6.07) is 8.61. The van der Waals surface area contributed by atoms with Gasteiger partial charge in [0.2, 0.25) is 0 Å². The maximum atomic E-state index is 12.5. The van der Waals surface area contributed by atoms with Gasteiger partial charge in [-0.1, -0.05) is 12.1 Å². The first kappa shape index (κ1) is 24.1. The predicted molar refractivity (Wildman–Crippen MR) is 121 cm³/mol. The van der Waals surface area contributed by atoms with E-state index in [1.54, 1.807) is 51.4 Å². The SMILES string of the molecule is COc1cc(OC)c(CN2CCN(C(=O)OCc3cccc(C)c3[N+](=O)[O-])CC2)c(OC)c1. The third-order valence-electron chi connectivity index (χ3n) is 5.68. The number of para-hydroxylation sites is 1. The minimum Gasteiger partial charge on any atom is -0.496 e. The topological polar surface area (TPSA) is 104 Å². The largest absolute Gasteiger partial charge is 0.496 e. The molecule has 10 nitrogen and oxygen atoms in total. The summed E-state index contributed by atoms with van der Waals surface area (Å²) >= 11 is 0. The molecular formula is C23H29N3O7. The van der Waals surface area contributed by atoms with Crippen LogP contribution >= 0.6 is 0 Å². The van der Waals surface area contributed by atoms with E-state index in [0.29, 0.717) is 61.1 Å². The van der Waals surface area contributed by atoms with E-state index in [2.05, 4.69) is 4.90 Å². The van der Waals surface area contributed by atoms with Crippen molar-refractivity contribution >= 4 is 11.8 Å². The highest BCUT2D eigenvalue weighted by Gasteiger charge is 2.25. The molecule has 1 heterocycles. The first-order valence-electron chi connectivity index (χ1n) is 10.5. The lowest BCUT2D eigenvalue weighted by molar-refractivity contribution is -0.386. The van der Waals surface area contributed by atoms with Crippen LogP contribution in [-0.4, -0.2) is 68.3 Å². The van der Waals surface area contributed by atoms with Gasteiger partial charge in [-0.25, -0.2) is 4.79 Å². The third-order valence-corrected chi connectivity index (χ3v) is 5.68. The number of nitro benzene ring substituents is 1. The highest BCUT2D eigenvalue weighted by molar-refractivity contribution is 5.68. The summed E-state index contributed by atoms with van der Waals surface area (Å²) < 4.78 is 21.7. The minimum absolute atomic E-state index is 0.0162. The Balaban J connectivity index is 1.58. The molecule has 0 bridgehead atoms. The second-order valence-corrected chi connectivity index (χ2v) is 7.67. The second kappa shape index (κ2) is 10.9. The average molecular weight is 459 g/mol. The molecular weight excluding hydrogens is 430 g/mol. The number of piperazine rings is 1. The molecule has 3 rings (SSSR count). The van der Waals surface area contributed by atoms with E-state index in [-0.39, 0.29) is 12.3 Å². The molecule has 178 valence electrons. The summed E-state index contributed by atoms with van der Waals surface area (Å²) in [4.78, 5) is 27.2. The molecule has 1 fully saturated rings. The lowest BCUT2D eigenvalue weighted by Gasteiger charge is -2.34. The van der Waals surface area contributed by atoms with Gasteiger partial charge >= 0.3 is 6.09 Å². The summed E-state index contributed by atoms with van der Waals surface area (Å²) in [6.07, 6.45) is -0.481. The molecule has 0 atom stereocenters. The van der Waals surface area contributed by atoms with Gasteiger partial charge in [-0.05, 0) is 13.0 Å². The number of aryl methyl sites for hydroxylation is 1. The van der Waals surface area contributed by atoms with Gasteiger partial charge in [-0.15, -0.1) is 0 Å². The van der Waals surface area contributed by atoms with Gasteiger partial charge < -0.3 is 23.8 Å². The van der Waals surface area contributed by atoms with Crippen LogP contribution in [0.4, 0.5) is 10.5 Å². The third kappa shape index (κ3) is 5.64. The van der Waals surface area contributed by atoms with Gasteiger partial charge in [0, 0.05) is 50.4 Å². The van der Waals surface area contributed by atoms with E-state index in [9.17, 15) is 14.9 Å². The summed E-state index contributed by atoms with van der Waals surface area (Å²) in [5.74, 6) is 1.99. The van der Waals surface area contributed by atoms with E-state index in [1.165, 1.54) is 0 Å². The molecule has 0 spiro atoms. The number of rotatable bonds is 8. The zero-order chi connectivity index (χ0) is 24.0. The van der Waals surface area contributed by atoms with Crippen molar-refractivity contribution in [2.24, 2.45) is 0 Å². The Hall–Kier alpha value is -3.53. The number of methoxy groups -OCH3 is 3. The Bertz CT molecular complexity index is 979. The van der Waals surface area contributed by atoms with E-state index in [1.807, 2.05) is 12.1 Å². The molecule has 1 aliphatic heterocycles. The maximum Gasteiger partial charge on any atom is 0.410 e. The van der Waals surface area contributed by atoms with Gasteiger partial charge in [0.1, 0.15) is 23.9 Å². The van der Waals surface area contributed by atoms with Gasteiger partial charge in [-0.2, -0.15) is 0 Å². The molecule has 0 aliphatic carbocycles. The van der Waals surface area contributed by atoms with Crippen LogP contribution in [0.5, 0.6) is 17.2 Å². The Morgan fingerprint density at radius 2 is 1.67 bits per heavy atom. The number of carbonyl (C=O) groups is 1. The van der Waals surface area contributed by atoms with Crippen molar-refractivity contribution < 1.29 is 28.7 Å². The monoisotopic (exact) mass is 459 g/mol. The van der Waals surface area contributed by atoms with Crippen LogP contribution in [0.1, 0.15) is 16.7 Å². The number of amides is 1. The summed E-state index contributed by atoms with van der Waals surface area (Å²) in [5.41, 5.74) is 1.80. The summed E-state index contributed by atoms with van der Waals surface area (Å²) in [6.45, 7) is 4.35. The Labute approximate surface area is 192 Å². The summed E-state index contributed by atoms with van der Waals surface area (Å²) in [7, 11) is 4.79. The number of nitrogens with zero attached hydrogens (tertiary/aromatic N) is 3. The number of benzene rings is 2. The molecule has 0 aromatic heterocycles. The predicted octanol–water partition coefficient (Wildman–Crippen LogP) is 3.38. The highest BCUT2D eigenvalue weighted by Crippen LogP contribution is 2.35. The van der Waals surface area contributed by atoms with Crippen LogP contribution < -0.4 is 14.2 Å². The minimum atomic E-state index is -0.481. The second-order valence-electron chi connectivity index (χ2n) is 7.67. The van der Waals surface area contributed by atoms with Crippen molar-refractivity contribution in [2.75, 3.05) is 47.5 Å². The fourth-order valence-corrected chi connectivity index (χ4v) is 3.87. The van der Waals surface area contributed by atoms with E-state index in [4.69, 9.17) is 18.9 Å². The number of nitro groups is 1. The quantitative estimate of drug-likeness (QED) is 0.437. The number of carbonyl (C=O) groups excluding carboxylic acids is 1. The molecule has 1 amide bonds. The fourth-order valence-electron chi connectivity index (χ4n) is 3.87. The van der Waals surface area contributed by atoms with Crippen molar-refractivity contribution in [3.8, 4) is 17.2 Å². The number of hydrogen-bond acceptors (Lipinski definition) is 8. The van der Waals surface area contributed by atoms with Crippen LogP contribution in [0.15, 0.2) is 30.3 Å². The standard InChI is InChI=1S/C23H29N3O7/c1-16-6-5-7-17(22(16)26(28)29)15-33-23(27)25-10-8-24(9-11-25)14-19-20(31-3)12-18(30-2)13-21(19)32-4/h5-7,12-13H,8-11,14-15H2,1-4H3. The van der Waals surface area contributed by atoms with Crippen LogP contribution in [0.3, 0.4) is 0 Å². The first-order chi connectivity index (χ1) is 15.9. The smallest absolute Gasteiger partial charge is 0.410 e. The Morgan fingerprint density at radius 1 is 1.03 bits per heavy atom. The van der Waals surface area contributed by atoms with Gasteiger partial charge in [-0.3, -0.25) is 15.0 Å². The normalized spacial score (nSPS) is 14.0. The van der Waals surface area contributed by atoms with Crippen LogP contribution in [-0.2, 0) is 17.9 Å². The summed E-state index contributed by atoms with van der Waals surface area (Å²) in [5, 5.41) is 11.3. The lowest BCUT2D eigenvalue weighted by Crippen LogP contribution is -2.48. The molecule has 0 saturated carbocycles. The molecule has 2 aromatic rings. The van der Waals surface area contributed by atoms with E-state index >= 15 is 0 Å². The highest BCUT2D eigenvalue weighted by atomic mass is 16.6. The van der Waals surface area contributed by atoms with E-state index < -0.39 is 11.0 Å². The Kier molecular flexibility index (Phi) is 7.94. The van der Waals surface area contributed by atoms with Gasteiger partial charge in [0.15, 0.2) is 0 Å². The van der Waals surface area contributed by atoms with Crippen LogP contribution in [0.25, 0.3) is 0 Å². The molecule has 2 aromatic carbocycles. The van der Waals surface area contributed by atoms with Crippen molar-refractivity contribution in [3.63, 3.8) is 0 Å².